The number of rotatable bonds is 3. The number of esters is 1. The lowest BCUT2D eigenvalue weighted by atomic mass is 9.87. The number of aromatic nitrogens is 2. The highest BCUT2D eigenvalue weighted by Gasteiger charge is 2.34. The van der Waals surface area contributed by atoms with Crippen LogP contribution in [0.25, 0.3) is 11.3 Å². The minimum atomic E-state index is -1.17. The Morgan fingerprint density at radius 2 is 2.00 bits per heavy atom. The van der Waals surface area contributed by atoms with Crippen LogP contribution in [-0.4, -0.2) is 26.6 Å². The summed E-state index contributed by atoms with van der Waals surface area (Å²) in [5.41, 5.74) is 3.01. The number of carbonyl (C=O) groups excluding carboxylic acids is 1. The first-order chi connectivity index (χ1) is 12.6. The van der Waals surface area contributed by atoms with Crippen LogP contribution in [0.2, 0.25) is 0 Å². The zero-order valence-corrected chi connectivity index (χ0v) is 16.1. The smallest absolute Gasteiger partial charge is 0.359 e. The third kappa shape index (κ3) is 2.90. The van der Waals surface area contributed by atoms with Gasteiger partial charge in [-0.1, -0.05) is 25.1 Å². The molecule has 1 atom stereocenters. The van der Waals surface area contributed by atoms with Crippen LogP contribution in [0.3, 0.4) is 0 Å². The molecular weight excluding hydrogens is 348 g/mol. The SMILES string of the molecule is CCOC(=O)c1nn(C2CCC(C)CC2)c2c1CS(=O)c1ccccc1-2. The van der Waals surface area contributed by atoms with Crippen LogP contribution in [0.5, 0.6) is 0 Å². The van der Waals surface area contributed by atoms with E-state index in [1.807, 2.05) is 28.9 Å². The van der Waals surface area contributed by atoms with Crippen molar-refractivity contribution in [2.45, 2.75) is 56.2 Å². The van der Waals surface area contributed by atoms with Crippen molar-refractivity contribution in [3.05, 3.63) is 35.5 Å². The van der Waals surface area contributed by atoms with Crippen LogP contribution >= 0.6 is 0 Å². The first-order valence-corrected chi connectivity index (χ1v) is 10.7. The van der Waals surface area contributed by atoms with Gasteiger partial charge in [-0.3, -0.25) is 8.89 Å². The van der Waals surface area contributed by atoms with Gasteiger partial charge >= 0.3 is 5.97 Å². The van der Waals surface area contributed by atoms with Crippen LogP contribution in [0.1, 0.15) is 61.6 Å². The standard InChI is InChI=1S/C20H24N2O3S/c1-3-25-20(23)18-16-12-26(24)17-7-5-4-6-15(17)19(16)22(21-18)14-10-8-13(2)9-11-14/h4-7,13-14H,3,8-12H2,1-2H3. The fraction of sp³-hybridized carbons (Fsp3) is 0.500. The molecule has 1 unspecified atom stereocenters. The van der Waals surface area contributed by atoms with Crippen molar-refractivity contribution >= 4 is 16.8 Å². The Bertz CT molecular complexity index is 866. The Morgan fingerprint density at radius 1 is 1.27 bits per heavy atom. The van der Waals surface area contributed by atoms with Crippen molar-refractivity contribution in [2.24, 2.45) is 5.92 Å². The van der Waals surface area contributed by atoms with Gasteiger partial charge in [0.15, 0.2) is 5.69 Å². The Balaban J connectivity index is 1.87. The Morgan fingerprint density at radius 3 is 2.73 bits per heavy atom. The zero-order valence-electron chi connectivity index (χ0n) is 15.2. The van der Waals surface area contributed by atoms with Gasteiger partial charge in [-0.25, -0.2) is 4.79 Å². The second kappa shape index (κ2) is 6.99. The maximum absolute atomic E-state index is 12.7. The van der Waals surface area contributed by atoms with Gasteiger partial charge < -0.3 is 4.74 Å². The third-order valence-corrected chi connectivity index (χ3v) is 6.87. The molecule has 26 heavy (non-hydrogen) atoms. The molecular formula is C20H24N2O3S. The number of carbonyl (C=O) groups is 1. The van der Waals surface area contributed by atoms with E-state index in [1.165, 1.54) is 12.8 Å². The molecule has 138 valence electrons. The number of nitrogens with zero attached hydrogens (tertiary/aromatic N) is 2. The first kappa shape index (κ1) is 17.5. The molecule has 2 aromatic rings. The van der Waals surface area contributed by atoms with Crippen LogP contribution in [0, 0.1) is 5.92 Å². The Labute approximate surface area is 156 Å². The lowest BCUT2D eigenvalue weighted by Gasteiger charge is -2.29. The van der Waals surface area contributed by atoms with Gasteiger partial charge in [-0.05, 0) is 44.6 Å². The summed E-state index contributed by atoms with van der Waals surface area (Å²) in [7, 11) is -1.17. The molecule has 1 aromatic heterocycles. The van der Waals surface area contributed by atoms with Crippen molar-refractivity contribution in [3.63, 3.8) is 0 Å². The van der Waals surface area contributed by atoms with E-state index in [4.69, 9.17) is 9.84 Å². The average Bonchev–Trinajstić information content (AvgIpc) is 3.02. The number of hydrogen-bond donors (Lipinski definition) is 0. The Kier molecular flexibility index (Phi) is 4.69. The molecule has 0 amide bonds. The molecule has 1 aliphatic carbocycles. The molecule has 1 aromatic carbocycles. The molecule has 0 radical (unpaired) electrons. The molecule has 1 saturated carbocycles. The Hall–Kier alpha value is -1.95. The van der Waals surface area contributed by atoms with Gasteiger partial charge in [0.05, 0.1) is 34.9 Å². The fourth-order valence-electron chi connectivity index (χ4n) is 4.08. The third-order valence-electron chi connectivity index (χ3n) is 5.47. The zero-order chi connectivity index (χ0) is 18.3. The molecule has 2 aliphatic rings. The summed E-state index contributed by atoms with van der Waals surface area (Å²) in [6.45, 7) is 4.38. The summed E-state index contributed by atoms with van der Waals surface area (Å²) in [6.07, 6.45) is 4.45. The van der Waals surface area contributed by atoms with Gasteiger partial charge in [0, 0.05) is 16.0 Å². The lowest BCUT2D eigenvalue weighted by Crippen LogP contribution is -2.20. The van der Waals surface area contributed by atoms with Gasteiger partial charge in [-0.15, -0.1) is 0 Å². The maximum atomic E-state index is 12.7. The molecule has 1 aliphatic heterocycles. The van der Waals surface area contributed by atoms with E-state index in [0.29, 0.717) is 18.1 Å². The predicted octanol–water partition coefficient (Wildman–Crippen LogP) is 4.10. The van der Waals surface area contributed by atoms with Crippen molar-refractivity contribution < 1.29 is 13.7 Å². The van der Waals surface area contributed by atoms with E-state index in [-0.39, 0.29) is 6.04 Å². The van der Waals surface area contributed by atoms with Crippen LogP contribution in [0.15, 0.2) is 29.2 Å². The molecule has 4 rings (SSSR count). The largest absolute Gasteiger partial charge is 0.461 e. The van der Waals surface area contributed by atoms with E-state index < -0.39 is 16.8 Å². The van der Waals surface area contributed by atoms with Crippen molar-refractivity contribution in [1.82, 2.24) is 9.78 Å². The number of fused-ring (bicyclic) bond motifs is 3. The highest BCUT2D eigenvalue weighted by molar-refractivity contribution is 7.84. The van der Waals surface area contributed by atoms with Crippen molar-refractivity contribution in [2.75, 3.05) is 6.61 Å². The minimum absolute atomic E-state index is 0.280. The molecule has 0 saturated heterocycles. The van der Waals surface area contributed by atoms with Gasteiger partial charge in [0.2, 0.25) is 0 Å². The van der Waals surface area contributed by atoms with Crippen LogP contribution in [0.4, 0.5) is 0 Å². The van der Waals surface area contributed by atoms with Crippen molar-refractivity contribution in [1.29, 1.82) is 0 Å². The van der Waals surface area contributed by atoms with E-state index in [9.17, 15) is 9.00 Å². The summed E-state index contributed by atoms with van der Waals surface area (Å²) in [5, 5.41) is 4.70. The number of hydrogen-bond acceptors (Lipinski definition) is 4. The predicted molar refractivity (Wildman–Crippen MR) is 100 cm³/mol. The highest BCUT2D eigenvalue weighted by atomic mass is 32.2. The lowest BCUT2D eigenvalue weighted by molar-refractivity contribution is 0.0516. The highest BCUT2D eigenvalue weighted by Crippen LogP contribution is 2.42. The molecule has 0 N–H and O–H groups in total. The van der Waals surface area contributed by atoms with Gasteiger partial charge in [-0.2, -0.15) is 5.10 Å². The van der Waals surface area contributed by atoms with Crippen LogP contribution in [-0.2, 0) is 21.3 Å². The molecule has 6 heteroatoms. The first-order valence-electron chi connectivity index (χ1n) is 9.36. The summed E-state index contributed by atoms with van der Waals surface area (Å²) in [5.74, 6) is 0.647. The normalized spacial score (nSPS) is 24.6. The fourth-order valence-corrected chi connectivity index (χ4v) is 5.41. The van der Waals surface area contributed by atoms with E-state index in [2.05, 4.69) is 6.92 Å². The molecule has 5 nitrogen and oxygen atoms in total. The summed E-state index contributed by atoms with van der Waals surface area (Å²) >= 11 is 0. The average molecular weight is 372 g/mol. The second-order valence-corrected chi connectivity index (χ2v) is 8.66. The topological polar surface area (TPSA) is 61.2 Å². The van der Waals surface area contributed by atoms with Crippen LogP contribution < -0.4 is 0 Å². The number of ether oxygens (including phenoxy) is 1. The summed E-state index contributed by atoms with van der Waals surface area (Å²) in [6, 6.07) is 8.05. The minimum Gasteiger partial charge on any atom is -0.461 e. The van der Waals surface area contributed by atoms with Crippen molar-refractivity contribution in [3.8, 4) is 11.3 Å². The second-order valence-electron chi connectivity index (χ2n) is 7.24. The van der Waals surface area contributed by atoms with E-state index in [1.54, 1.807) is 6.92 Å². The van der Waals surface area contributed by atoms with Gasteiger partial charge in [0.25, 0.3) is 0 Å². The molecule has 0 bridgehead atoms. The molecule has 0 spiro atoms. The molecule has 1 fully saturated rings. The molecule has 2 heterocycles. The number of benzene rings is 1. The van der Waals surface area contributed by atoms with E-state index >= 15 is 0 Å². The monoisotopic (exact) mass is 372 g/mol. The summed E-state index contributed by atoms with van der Waals surface area (Å²) < 4.78 is 20.0. The van der Waals surface area contributed by atoms with E-state index in [0.717, 1.165) is 40.5 Å². The summed E-state index contributed by atoms with van der Waals surface area (Å²) in [4.78, 5) is 13.3. The quantitative estimate of drug-likeness (QED) is 0.761. The maximum Gasteiger partial charge on any atom is 0.359 e. The van der Waals surface area contributed by atoms with Gasteiger partial charge in [0.1, 0.15) is 0 Å².